The normalized spacial score (nSPS) is 10.6. The average Bonchev–Trinajstić information content (AvgIpc) is 2.27. The van der Waals surface area contributed by atoms with Crippen molar-refractivity contribution in [1.82, 2.24) is 4.98 Å². The number of benzene rings is 1. The molecule has 0 aliphatic heterocycles. The van der Waals surface area contributed by atoms with Crippen molar-refractivity contribution in [2.45, 2.75) is 0 Å². The minimum atomic E-state index is -0.409. The second kappa shape index (κ2) is 4.32. The van der Waals surface area contributed by atoms with E-state index in [9.17, 15) is 9.18 Å². The zero-order valence-electron chi connectivity index (χ0n) is 8.46. The van der Waals surface area contributed by atoms with Gasteiger partial charge in [-0.2, -0.15) is 0 Å². The van der Waals surface area contributed by atoms with E-state index in [2.05, 4.69) is 10.3 Å². The van der Waals surface area contributed by atoms with Crippen LogP contribution in [0.5, 0.6) is 0 Å². The number of hydrogen-bond acceptors (Lipinski definition) is 3. The zero-order valence-corrected chi connectivity index (χ0v) is 8.46. The number of aromatic amines is 1. The summed E-state index contributed by atoms with van der Waals surface area (Å²) >= 11 is 0. The maximum absolute atomic E-state index is 13.5. The predicted molar refractivity (Wildman–Crippen MR) is 60.1 cm³/mol. The van der Waals surface area contributed by atoms with Gasteiger partial charge in [0.15, 0.2) is 0 Å². The highest BCUT2D eigenvalue weighted by Gasteiger charge is 2.04. The van der Waals surface area contributed by atoms with Gasteiger partial charge in [0.05, 0.1) is 17.8 Å². The number of halogens is 1. The van der Waals surface area contributed by atoms with Gasteiger partial charge in [-0.25, -0.2) is 4.39 Å². The fourth-order valence-corrected chi connectivity index (χ4v) is 1.50. The first kappa shape index (κ1) is 10.6. The van der Waals surface area contributed by atoms with E-state index in [1.807, 2.05) is 0 Å². The molecule has 0 aliphatic rings. The topological polar surface area (TPSA) is 65.1 Å². The number of hydrogen-bond donors (Lipinski definition) is 3. The van der Waals surface area contributed by atoms with Crippen LogP contribution in [0.3, 0.4) is 0 Å². The van der Waals surface area contributed by atoms with Crippen molar-refractivity contribution in [1.29, 1.82) is 0 Å². The number of aromatic nitrogens is 1. The number of pyridine rings is 1. The number of H-pyrrole nitrogens is 1. The number of rotatable bonds is 3. The van der Waals surface area contributed by atoms with Crippen molar-refractivity contribution >= 4 is 16.6 Å². The van der Waals surface area contributed by atoms with Crippen LogP contribution in [0.15, 0.2) is 29.1 Å². The van der Waals surface area contributed by atoms with Crippen LogP contribution in [-0.4, -0.2) is 23.2 Å². The summed E-state index contributed by atoms with van der Waals surface area (Å²) in [4.78, 5) is 13.7. The number of aliphatic hydroxyl groups is 1. The first-order valence-corrected chi connectivity index (χ1v) is 4.88. The molecule has 2 aromatic rings. The summed E-state index contributed by atoms with van der Waals surface area (Å²) in [5, 5.41) is 12.0. The van der Waals surface area contributed by atoms with Crippen LogP contribution in [0, 0.1) is 5.82 Å². The van der Waals surface area contributed by atoms with Gasteiger partial charge in [0.25, 0.3) is 0 Å². The van der Waals surface area contributed by atoms with E-state index in [1.54, 1.807) is 6.07 Å². The molecule has 0 saturated carbocycles. The quantitative estimate of drug-likeness (QED) is 0.727. The Kier molecular flexibility index (Phi) is 2.87. The van der Waals surface area contributed by atoms with Crippen LogP contribution >= 0.6 is 0 Å². The van der Waals surface area contributed by atoms with Crippen LogP contribution < -0.4 is 10.9 Å². The molecule has 3 N–H and O–H groups in total. The lowest BCUT2D eigenvalue weighted by Crippen LogP contribution is -2.08. The zero-order chi connectivity index (χ0) is 11.5. The molecule has 1 heterocycles. The molecule has 16 heavy (non-hydrogen) atoms. The SMILES string of the molecule is O=c1ccc2cc(F)c(NCCO)cc2[nH]1. The molecular weight excluding hydrogens is 211 g/mol. The summed E-state index contributed by atoms with van der Waals surface area (Å²) in [6.45, 7) is 0.183. The average molecular weight is 222 g/mol. The Labute approximate surface area is 90.7 Å². The lowest BCUT2D eigenvalue weighted by Gasteiger charge is -2.07. The van der Waals surface area contributed by atoms with Crippen molar-refractivity contribution in [2.24, 2.45) is 0 Å². The highest BCUT2D eigenvalue weighted by atomic mass is 19.1. The molecule has 0 radical (unpaired) electrons. The summed E-state index contributed by atoms with van der Waals surface area (Å²) in [6, 6.07) is 5.77. The maximum Gasteiger partial charge on any atom is 0.248 e. The molecule has 1 aromatic heterocycles. The van der Waals surface area contributed by atoms with Gasteiger partial charge in [0.1, 0.15) is 5.82 Å². The highest BCUT2D eigenvalue weighted by molar-refractivity contribution is 5.82. The molecular formula is C11H11FN2O2. The van der Waals surface area contributed by atoms with Crippen molar-refractivity contribution in [2.75, 3.05) is 18.5 Å². The Morgan fingerprint density at radius 2 is 2.19 bits per heavy atom. The first-order valence-electron chi connectivity index (χ1n) is 4.88. The van der Waals surface area contributed by atoms with Gasteiger partial charge in [-0.05, 0) is 18.2 Å². The van der Waals surface area contributed by atoms with E-state index in [-0.39, 0.29) is 24.4 Å². The van der Waals surface area contributed by atoms with Crippen molar-refractivity contribution in [3.05, 3.63) is 40.4 Å². The van der Waals surface area contributed by atoms with E-state index < -0.39 is 5.82 Å². The van der Waals surface area contributed by atoms with Crippen LogP contribution in [0.2, 0.25) is 0 Å². The van der Waals surface area contributed by atoms with Crippen molar-refractivity contribution < 1.29 is 9.50 Å². The molecule has 2 rings (SSSR count). The van der Waals surface area contributed by atoms with Crippen molar-refractivity contribution in [3.8, 4) is 0 Å². The summed E-state index contributed by atoms with van der Waals surface area (Å²) in [7, 11) is 0. The summed E-state index contributed by atoms with van der Waals surface area (Å²) in [6.07, 6.45) is 0. The molecule has 0 unspecified atom stereocenters. The number of nitrogens with one attached hydrogen (secondary N) is 2. The molecule has 0 fully saturated rings. The molecule has 0 saturated heterocycles. The molecule has 5 heteroatoms. The molecule has 0 spiro atoms. The van der Waals surface area contributed by atoms with Crippen LogP contribution in [0.25, 0.3) is 10.9 Å². The molecule has 1 aromatic carbocycles. The molecule has 0 bridgehead atoms. The summed E-state index contributed by atoms with van der Waals surface area (Å²) < 4.78 is 13.5. The third-order valence-corrected chi connectivity index (χ3v) is 2.24. The van der Waals surface area contributed by atoms with Gasteiger partial charge >= 0.3 is 0 Å². The third-order valence-electron chi connectivity index (χ3n) is 2.24. The fraction of sp³-hybridized carbons (Fsp3) is 0.182. The largest absolute Gasteiger partial charge is 0.395 e. The molecule has 84 valence electrons. The van der Waals surface area contributed by atoms with Crippen LogP contribution in [-0.2, 0) is 0 Å². The van der Waals surface area contributed by atoms with Crippen LogP contribution in [0.4, 0.5) is 10.1 Å². The Morgan fingerprint density at radius 1 is 1.38 bits per heavy atom. The third kappa shape index (κ3) is 2.04. The fourth-order valence-electron chi connectivity index (χ4n) is 1.50. The van der Waals surface area contributed by atoms with E-state index in [4.69, 9.17) is 5.11 Å². The maximum atomic E-state index is 13.5. The van der Waals surface area contributed by atoms with Gasteiger partial charge in [0, 0.05) is 18.0 Å². The van der Waals surface area contributed by atoms with E-state index in [0.29, 0.717) is 10.9 Å². The monoisotopic (exact) mass is 222 g/mol. The van der Waals surface area contributed by atoms with Gasteiger partial charge in [0.2, 0.25) is 5.56 Å². The molecule has 0 atom stereocenters. The Hall–Kier alpha value is -1.88. The second-order valence-corrected chi connectivity index (χ2v) is 3.39. The van der Waals surface area contributed by atoms with E-state index >= 15 is 0 Å². The first-order chi connectivity index (χ1) is 7.70. The number of anilines is 1. The van der Waals surface area contributed by atoms with Gasteiger partial charge in [-0.15, -0.1) is 0 Å². The Bertz CT molecular complexity index is 565. The lowest BCUT2D eigenvalue weighted by atomic mass is 10.2. The standard InChI is InChI=1S/C11H11FN2O2/c12-8-5-7-1-2-11(16)14-9(7)6-10(8)13-3-4-15/h1-2,5-6,13,15H,3-4H2,(H,14,16). The smallest absolute Gasteiger partial charge is 0.248 e. The predicted octanol–water partition coefficient (Wildman–Crippen LogP) is 1.07. The molecule has 4 nitrogen and oxygen atoms in total. The minimum absolute atomic E-state index is 0.0806. The van der Waals surface area contributed by atoms with Gasteiger partial charge in [-0.1, -0.05) is 0 Å². The number of aliphatic hydroxyl groups excluding tert-OH is 1. The summed E-state index contributed by atoms with van der Waals surface area (Å²) in [5.74, 6) is -0.409. The second-order valence-electron chi connectivity index (χ2n) is 3.39. The highest BCUT2D eigenvalue weighted by Crippen LogP contribution is 2.20. The van der Waals surface area contributed by atoms with Crippen LogP contribution in [0.1, 0.15) is 0 Å². The lowest BCUT2D eigenvalue weighted by molar-refractivity contribution is 0.311. The van der Waals surface area contributed by atoms with Crippen molar-refractivity contribution in [3.63, 3.8) is 0 Å². The summed E-state index contributed by atoms with van der Waals surface area (Å²) in [5.41, 5.74) is 0.602. The van der Waals surface area contributed by atoms with Gasteiger partial charge < -0.3 is 15.4 Å². The number of fused-ring (bicyclic) bond motifs is 1. The van der Waals surface area contributed by atoms with Gasteiger partial charge in [-0.3, -0.25) is 4.79 Å². The van der Waals surface area contributed by atoms with E-state index in [1.165, 1.54) is 18.2 Å². The molecule has 0 amide bonds. The Morgan fingerprint density at radius 3 is 2.94 bits per heavy atom. The molecule has 0 aliphatic carbocycles. The minimum Gasteiger partial charge on any atom is -0.395 e. The van der Waals surface area contributed by atoms with E-state index in [0.717, 1.165) is 0 Å². The Balaban J connectivity index is 2.51.